The first-order valence-electron chi connectivity index (χ1n) is 9.55. The van der Waals surface area contributed by atoms with E-state index < -0.39 is 0 Å². The summed E-state index contributed by atoms with van der Waals surface area (Å²) < 4.78 is 17.5. The van der Waals surface area contributed by atoms with Gasteiger partial charge < -0.3 is 18.8 Å². The molecule has 1 aromatic carbocycles. The largest absolute Gasteiger partial charge is 0.492 e. The summed E-state index contributed by atoms with van der Waals surface area (Å²) >= 11 is 1.50. The van der Waals surface area contributed by atoms with Crippen LogP contribution in [0.15, 0.2) is 41.0 Å². The molecule has 0 saturated carbocycles. The second kappa shape index (κ2) is 8.72. The number of amides is 1. The maximum absolute atomic E-state index is 13.1. The molecule has 148 valence electrons. The predicted molar refractivity (Wildman–Crippen MR) is 108 cm³/mol. The fourth-order valence-corrected chi connectivity index (χ4v) is 4.30. The Morgan fingerprint density at radius 1 is 1.29 bits per heavy atom. The van der Waals surface area contributed by atoms with Gasteiger partial charge in [0.2, 0.25) is 0 Å². The van der Waals surface area contributed by atoms with Gasteiger partial charge in [0.25, 0.3) is 5.91 Å². The van der Waals surface area contributed by atoms with Crippen LogP contribution in [-0.2, 0) is 4.74 Å². The average molecular weight is 402 g/mol. The molecule has 1 amide bonds. The number of morpholine rings is 1. The van der Waals surface area contributed by atoms with E-state index in [0.29, 0.717) is 24.0 Å². The molecule has 0 aliphatic carbocycles. The number of nitrogens with one attached hydrogen (secondary N) is 1. The molecule has 0 spiro atoms. The highest BCUT2D eigenvalue weighted by molar-refractivity contribution is 7.22. The second-order valence-corrected chi connectivity index (χ2v) is 7.59. The van der Waals surface area contributed by atoms with Crippen molar-refractivity contribution in [3.8, 4) is 5.75 Å². The van der Waals surface area contributed by atoms with E-state index in [1.54, 1.807) is 17.0 Å². The second-order valence-electron chi connectivity index (χ2n) is 6.58. The fraction of sp³-hybridized carbons (Fsp3) is 0.400. The van der Waals surface area contributed by atoms with Crippen LogP contribution in [0.5, 0.6) is 5.75 Å². The number of aromatic nitrogens is 1. The summed E-state index contributed by atoms with van der Waals surface area (Å²) in [5.41, 5.74) is 0.792. The molecule has 1 fully saturated rings. The molecule has 0 unspecified atom stereocenters. The lowest BCUT2D eigenvalue weighted by Crippen LogP contribution is -3.14. The molecule has 2 aromatic heterocycles. The molecule has 7 nitrogen and oxygen atoms in total. The summed E-state index contributed by atoms with van der Waals surface area (Å²) in [6.07, 6.45) is 1.52. The van der Waals surface area contributed by atoms with Crippen molar-refractivity contribution in [3.05, 3.63) is 42.4 Å². The predicted octanol–water partition coefficient (Wildman–Crippen LogP) is 1.85. The van der Waals surface area contributed by atoms with Crippen molar-refractivity contribution in [1.29, 1.82) is 0 Å². The van der Waals surface area contributed by atoms with Gasteiger partial charge in [-0.25, -0.2) is 4.98 Å². The Balaban J connectivity index is 1.63. The Labute approximate surface area is 167 Å². The molecule has 1 aliphatic heterocycles. The average Bonchev–Trinajstić information content (AvgIpc) is 3.39. The lowest BCUT2D eigenvalue weighted by molar-refractivity contribution is -0.906. The first-order chi connectivity index (χ1) is 13.8. The van der Waals surface area contributed by atoms with Gasteiger partial charge in [-0.2, -0.15) is 0 Å². The van der Waals surface area contributed by atoms with E-state index in [4.69, 9.17) is 18.9 Å². The SMILES string of the molecule is CCOc1cccc2sc(N(CC[NH+]3CCOCC3)C(=O)c3ccco3)nc12. The van der Waals surface area contributed by atoms with Gasteiger partial charge in [0, 0.05) is 0 Å². The quantitative estimate of drug-likeness (QED) is 0.653. The van der Waals surface area contributed by atoms with Gasteiger partial charge in [0.1, 0.15) is 24.4 Å². The zero-order chi connectivity index (χ0) is 19.3. The minimum absolute atomic E-state index is 0.172. The Hall–Kier alpha value is -2.42. The van der Waals surface area contributed by atoms with Crippen LogP contribution >= 0.6 is 11.3 Å². The smallest absolute Gasteiger partial charge is 0.295 e. The van der Waals surface area contributed by atoms with Gasteiger partial charge in [-0.1, -0.05) is 17.4 Å². The monoisotopic (exact) mass is 402 g/mol. The van der Waals surface area contributed by atoms with Crippen molar-refractivity contribution >= 4 is 32.6 Å². The number of carbonyl (C=O) groups is 1. The van der Waals surface area contributed by atoms with E-state index in [9.17, 15) is 4.79 Å². The highest BCUT2D eigenvalue weighted by Crippen LogP contribution is 2.34. The molecule has 1 N–H and O–H groups in total. The molecular formula is C20H24N3O4S+. The third kappa shape index (κ3) is 4.04. The van der Waals surface area contributed by atoms with E-state index >= 15 is 0 Å². The van der Waals surface area contributed by atoms with Gasteiger partial charge in [-0.05, 0) is 31.2 Å². The molecule has 1 saturated heterocycles. The lowest BCUT2D eigenvalue weighted by Gasteiger charge is -2.26. The van der Waals surface area contributed by atoms with Crippen LogP contribution in [0.4, 0.5) is 5.13 Å². The van der Waals surface area contributed by atoms with Crippen molar-refractivity contribution in [1.82, 2.24) is 4.98 Å². The number of anilines is 1. The minimum atomic E-state index is -0.172. The zero-order valence-electron chi connectivity index (χ0n) is 15.8. The van der Waals surface area contributed by atoms with E-state index in [1.165, 1.54) is 22.5 Å². The van der Waals surface area contributed by atoms with Crippen LogP contribution in [-0.4, -0.2) is 56.9 Å². The summed E-state index contributed by atoms with van der Waals surface area (Å²) in [5.74, 6) is 0.891. The Bertz CT molecular complexity index is 919. The molecule has 0 radical (unpaired) electrons. The number of para-hydroxylation sites is 1. The number of hydrogen-bond acceptors (Lipinski definition) is 6. The number of hydrogen-bond donors (Lipinski definition) is 1. The number of ether oxygens (including phenoxy) is 2. The van der Waals surface area contributed by atoms with Crippen molar-refractivity contribution in [2.45, 2.75) is 6.92 Å². The number of thiazole rings is 1. The van der Waals surface area contributed by atoms with Gasteiger partial charge in [0.05, 0.1) is 43.9 Å². The fourth-order valence-electron chi connectivity index (χ4n) is 3.30. The number of quaternary nitrogens is 1. The number of fused-ring (bicyclic) bond motifs is 1. The lowest BCUT2D eigenvalue weighted by atomic mass is 10.3. The topological polar surface area (TPSA) is 69.2 Å². The van der Waals surface area contributed by atoms with Gasteiger partial charge in [-0.15, -0.1) is 0 Å². The molecule has 0 atom stereocenters. The Morgan fingerprint density at radius 3 is 2.89 bits per heavy atom. The molecule has 3 aromatic rings. The Morgan fingerprint density at radius 2 is 2.14 bits per heavy atom. The molecule has 4 rings (SSSR count). The van der Waals surface area contributed by atoms with E-state index in [-0.39, 0.29) is 5.91 Å². The molecule has 1 aliphatic rings. The van der Waals surface area contributed by atoms with Crippen molar-refractivity contribution in [2.24, 2.45) is 0 Å². The highest BCUT2D eigenvalue weighted by atomic mass is 32.1. The number of rotatable bonds is 7. The third-order valence-electron chi connectivity index (χ3n) is 4.77. The maximum Gasteiger partial charge on any atom is 0.295 e. The van der Waals surface area contributed by atoms with Crippen LogP contribution < -0.4 is 14.5 Å². The summed E-state index contributed by atoms with van der Waals surface area (Å²) in [4.78, 5) is 21.0. The van der Waals surface area contributed by atoms with Crippen LogP contribution in [0.3, 0.4) is 0 Å². The van der Waals surface area contributed by atoms with Gasteiger partial charge in [0.15, 0.2) is 10.9 Å². The van der Waals surface area contributed by atoms with Crippen LogP contribution in [0.1, 0.15) is 17.5 Å². The van der Waals surface area contributed by atoms with E-state index in [2.05, 4.69) is 0 Å². The van der Waals surface area contributed by atoms with E-state index in [0.717, 1.165) is 48.8 Å². The maximum atomic E-state index is 13.1. The van der Waals surface area contributed by atoms with E-state index in [1.807, 2.05) is 25.1 Å². The molecule has 3 heterocycles. The molecule has 8 heteroatoms. The number of benzene rings is 1. The van der Waals surface area contributed by atoms with Crippen LogP contribution in [0.25, 0.3) is 10.2 Å². The normalized spacial score (nSPS) is 15.0. The summed E-state index contributed by atoms with van der Waals surface area (Å²) in [6, 6.07) is 9.28. The highest BCUT2D eigenvalue weighted by Gasteiger charge is 2.26. The zero-order valence-corrected chi connectivity index (χ0v) is 16.7. The number of nitrogens with zero attached hydrogens (tertiary/aromatic N) is 2. The van der Waals surface area contributed by atoms with Crippen LogP contribution in [0, 0.1) is 0 Å². The summed E-state index contributed by atoms with van der Waals surface area (Å²) in [6.45, 7) is 7.36. The summed E-state index contributed by atoms with van der Waals surface area (Å²) in [5, 5.41) is 0.663. The van der Waals surface area contributed by atoms with Crippen molar-refractivity contribution < 1.29 is 23.6 Å². The number of carbonyl (C=O) groups excluding carboxylic acids is 1. The first-order valence-corrected chi connectivity index (χ1v) is 10.4. The first kappa shape index (κ1) is 18.9. The Kier molecular flexibility index (Phi) is 5.90. The summed E-state index contributed by atoms with van der Waals surface area (Å²) in [7, 11) is 0. The molecule has 28 heavy (non-hydrogen) atoms. The molecule has 0 bridgehead atoms. The van der Waals surface area contributed by atoms with Crippen molar-refractivity contribution in [3.63, 3.8) is 0 Å². The minimum Gasteiger partial charge on any atom is -0.492 e. The number of furan rings is 1. The van der Waals surface area contributed by atoms with Crippen molar-refractivity contribution in [2.75, 3.05) is 50.9 Å². The van der Waals surface area contributed by atoms with Crippen LogP contribution in [0.2, 0.25) is 0 Å². The third-order valence-corrected chi connectivity index (χ3v) is 5.81. The van der Waals surface area contributed by atoms with Gasteiger partial charge >= 0.3 is 0 Å². The molecular weight excluding hydrogens is 378 g/mol. The standard InChI is InChI=1S/C20H23N3O4S/c1-2-26-15-5-3-7-17-18(15)21-20(28-17)23(19(24)16-6-4-12-27-16)9-8-22-10-13-25-14-11-22/h3-7,12H,2,8-11,13-14H2,1H3/p+1. The van der Waals surface area contributed by atoms with Gasteiger partial charge in [-0.3, -0.25) is 9.69 Å².